The van der Waals surface area contributed by atoms with Crippen molar-refractivity contribution in [2.45, 2.75) is 6.92 Å². The Morgan fingerprint density at radius 2 is 2.00 bits per heavy atom. The normalized spacial score (nSPS) is 16.4. The first kappa shape index (κ1) is 13.7. The van der Waals surface area contributed by atoms with Crippen LogP contribution in [0.4, 0.5) is 5.69 Å². The van der Waals surface area contributed by atoms with E-state index < -0.39 is 0 Å². The van der Waals surface area contributed by atoms with Gasteiger partial charge in [0.25, 0.3) is 5.91 Å². The molecule has 0 aliphatic carbocycles. The summed E-state index contributed by atoms with van der Waals surface area (Å²) in [5, 5.41) is 0. The number of anilines is 1. The van der Waals surface area contributed by atoms with Gasteiger partial charge in [-0.2, -0.15) is 0 Å². The van der Waals surface area contributed by atoms with Crippen molar-refractivity contribution in [3.63, 3.8) is 0 Å². The molecule has 0 saturated carbocycles. The molecule has 1 aromatic carbocycles. The van der Waals surface area contributed by atoms with Gasteiger partial charge in [0.15, 0.2) is 0 Å². The molecule has 0 radical (unpaired) electrons. The van der Waals surface area contributed by atoms with Crippen molar-refractivity contribution < 1.29 is 9.53 Å². The van der Waals surface area contributed by atoms with Gasteiger partial charge < -0.3 is 20.3 Å². The first-order chi connectivity index (χ1) is 9.15. The highest BCUT2D eigenvalue weighted by atomic mass is 16.5. The Labute approximate surface area is 113 Å². The number of benzene rings is 1. The molecule has 1 aromatic rings. The molecule has 2 N–H and O–H groups in total. The van der Waals surface area contributed by atoms with Gasteiger partial charge in [-0.3, -0.25) is 4.79 Å². The molecule has 19 heavy (non-hydrogen) atoms. The zero-order valence-corrected chi connectivity index (χ0v) is 11.6. The van der Waals surface area contributed by atoms with Crippen LogP contribution in [0.15, 0.2) is 18.2 Å². The number of likely N-dealkylation sites (N-methyl/N-ethyl adjacent to an activating group) is 1. The number of carbonyl (C=O) groups is 1. The molecule has 0 aromatic heterocycles. The fourth-order valence-electron chi connectivity index (χ4n) is 2.29. The number of nitrogen functional groups attached to an aromatic ring is 1. The minimum Gasteiger partial charge on any atom is -0.497 e. The van der Waals surface area contributed by atoms with E-state index in [2.05, 4.69) is 11.8 Å². The van der Waals surface area contributed by atoms with Crippen molar-refractivity contribution >= 4 is 11.6 Å². The first-order valence-corrected chi connectivity index (χ1v) is 6.61. The first-order valence-electron chi connectivity index (χ1n) is 6.61. The number of methoxy groups -OCH3 is 1. The number of hydrogen-bond acceptors (Lipinski definition) is 4. The Morgan fingerprint density at radius 3 is 2.58 bits per heavy atom. The quantitative estimate of drug-likeness (QED) is 0.828. The lowest BCUT2D eigenvalue weighted by Crippen LogP contribution is -2.48. The number of nitrogens with two attached hydrogens (primary N) is 1. The van der Waals surface area contributed by atoms with Crippen molar-refractivity contribution in [3.8, 4) is 5.75 Å². The molecule has 0 atom stereocenters. The molecule has 1 aliphatic heterocycles. The number of ether oxygens (including phenoxy) is 1. The maximum Gasteiger partial charge on any atom is 0.256 e. The third kappa shape index (κ3) is 2.98. The van der Waals surface area contributed by atoms with Gasteiger partial charge in [0, 0.05) is 31.9 Å². The van der Waals surface area contributed by atoms with Crippen LogP contribution in [0, 0.1) is 0 Å². The Bertz CT molecular complexity index is 454. The smallest absolute Gasteiger partial charge is 0.256 e. The summed E-state index contributed by atoms with van der Waals surface area (Å²) < 4.78 is 5.15. The van der Waals surface area contributed by atoms with E-state index in [1.165, 1.54) is 0 Å². The summed E-state index contributed by atoms with van der Waals surface area (Å²) >= 11 is 0. The summed E-state index contributed by atoms with van der Waals surface area (Å²) in [5.41, 5.74) is 6.93. The largest absolute Gasteiger partial charge is 0.497 e. The minimum atomic E-state index is -0.00727. The van der Waals surface area contributed by atoms with Crippen LogP contribution in [0.5, 0.6) is 5.75 Å². The van der Waals surface area contributed by atoms with Crippen LogP contribution in [0.3, 0.4) is 0 Å². The third-order valence-electron chi connectivity index (χ3n) is 3.60. The molecule has 5 heteroatoms. The average Bonchev–Trinajstić information content (AvgIpc) is 2.47. The maximum absolute atomic E-state index is 12.5. The van der Waals surface area contributed by atoms with Gasteiger partial charge in [-0.05, 0) is 24.7 Å². The van der Waals surface area contributed by atoms with Gasteiger partial charge in [0.05, 0.1) is 12.7 Å². The summed E-state index contributed by atoms with van der Waals surface area (Å²) in [4.78, 5) is 16.6. The summed E-state index contributed by atoms with van der Waals surface area (Å²) in [6, 6.07) is 5.19. The predicted molar refractivity (Wildman–Crippen MR) is 75.4 cm³/mol. The minimum absolute atomic E-state index is 0.00727. The van der Waals surface area contributed by atoms with Crippen molar-refractivity contribution in [2.24, 2.45) is 0 Å². The lowest BCUT2D eigenvalue weighted by molar-refractivity contribution is 0.0644. The summed E-state index contributed by atoms with van der Waals surface area (Å²) in [6.07, 6.45) is 0. The standard InChI is InChI=1S/C14H21N3O2/c1-3-16-6-8-17(9-7-16)14(18)12-10-11(19-2)4-5-13(12)15/h4-5,10H,3,6-9,15H2,1-2H3. The van der Waals surface area contributed by atoms with E-state index in [1.54, 1.807) is 25.3 Å². The van der Waals surface area contributed by atoms with E-state index in [1.807, 2.05) is 4.90 Å². The molecule has 1 fully saturated rings. The molecule has 1 amide bonds. The summed E-state index contributed by atoms with van der Waals surface area (Å²) in [5.74, 6) is 0.650. The van der Waals surface area contributed by atoms with Gasteiger partial charge in [-0.25, -0.2) is 0 Å². The zero-order valence-electron chi connectivity index (χ0n) is 11.6. The Morgan fingerprint density at radius 1 is 1.32 bits per heavy atom. The SMILES string of the molecule is CCN1CCN(C(=O)c2cc(OC)ccc2N)CC1. The number of rotatable bonds is 3. The van der Waals surface area contributed by atoms with Crippen LogP contribution in [0.25, 0.3) is 0 Å². The van der Waals surface area contributed by atoms with Crippen molar-refractivity contribution in [1.29, 1.82) is 0 Å². The van der Waals surface area contributed by atoms with E-state index in [9.17, 15) is 4.79 Å². The van der Waals surface area contributed by atoms with Crippen molar-refractivity contribution in [3.05, 3.63) is 23.8 Å². The summed E-state index contributed by atoms with van der Waals surface area (Å²) in [7, 11) is 1.58. The molecule has 2 rings (SSSR count). The Kier molecular flexibility index (Phi) is 4.27. The number of nitrogens with zero attached hydrogens (tertiary/aromatic N) is 2. The highest BCUT2D eigenvalue weighted by Crippen LogP contribution is 2.21. The fraction of sp³-hybridized carbons (Fsp3) is 0.500. The van der Waals surface area contributed by atoms with Crippen LogP contribution in [-0.2, 0) is 0 Å². The Balaban J connectivity index is 2.11. The number of hydrogen-bond donors (Lipinski definition) is 1. The molecule has 0 bridgehead atoms. The van der Waals surface area contributed by atoms with Gasteiger partial charge >= 0.3 is 0 Å². The number of amides is 1. The molecule has 0 unspecified atom stereocenters. The molecule has 1 heterocycles. The third-order valence-corrected chi connectivity index (χ3v) is 3.60. The van der Waals surface area contributed by atoms with Gasteiger partial charge in [0.2, 0.25) is 0 Å². The lowest BCUT2D eigenvalue weighted by atomic mass is 10.1. The van der Waals surface area contributed by atoms with Crippen LogP contribution >= 0.6 is 0 Å². The topological polar surface area (TPSA) is 58.8 Å². The van der Waals surface area contributed by atoms with E-state index in [-0.39, 0.29) is 5.91 Å². The molecule has 0 spiro atoms. The predicted octanol–water partition coefficient (Wildman–Crippen LogP) is 1.06. The van der Waals surface area contributed by atoms with E-state index in [4.69, 9.17) is 10.5 Å². The fourth-order valence-corrected chi connectivity index (χ4v) is 2.29. The molecular weight excluding hydrogens is 242 g/mol. The molecule has 104 valence electrons. The van der Waals surface area contributed by atoms with Crippen LogP contribution in [0.2, 0.25) is 0 Å². The molecule has 1 aliphatic rings. The number of carbonyl (C=O) groups excluding carboxylic acids is 1. The monoisotopic (exact) mass is 263 g/mol. The summed E-state index contributed by atoms with van der Waals surface area (Å²) in [6.45, 7) is 6.52. The van der Waals surface area contributed by atoms with E-state index >= 15 is 0 Å². The van der Waals surface area contributed by atoms with Gasteiger partial charge in [0.1, 0.15) is 5.75 Å². The molecule has 1 saturated heterocycles. The second-order valence-corrected chi connectivity index (χ2v) is 4.68. The lowest BCUT2D eigenvalue weighted by Gasteiger charge is -2.34. The highest BCUT2D eigenvalue weighted by molar-refractivity contribution is 5.99. The average molecular weight is 263 g/mol. The molecule has 5 nitrogen and oxygen atoms in total. The van der Waals surface area contributed by atoms with Crippen LogP contribution in [-0.4, -0.2) is 55.5 Å². The van der Waals surface area contributed by atoms with E-state index in [0.29, 0.717) is 17.0 Å². The Hall–Kier alpha value is -1.75. The van der Waals surface area contributed by atoms with Crippen LogP contribution in [0.1, 0.15) is 17.3 Å². The van der Waals surface area contributed by atoms with Crippen molar-refractivity contribution in [2.75, 3.05) is 45.6 Å². The molecular formula is C14H21N3O2. The van der Waals surface area contributed by atoms with Crippen LogP contribution < -0.4 is 10.5 Å². The maximum atomic E-state index is 12.5. The second-order valence-electron chi connectivity index (χ2n) is 4.68. The van der Waals surface area contributed by atoms with Crippen molar-refractivity contribution in [1.82, 2.24) is 9.80 Å². The zero-order chi connectivity index (χ0) is 13.8. The number of piperazine rings is 1. The van der Waals surface area contributed by atoms with Gasteiger partial charge in [-0.1, -0.05) is 6.92 Å². The van der Waals surface area contributed by atoms with Gasteiger partial charge in [-0.15, -0.1) is 0 Å². The van der Waals surface area contributed by atoms with E-state index in [0.717, 1.165) is 32.7 Å². The highest BCUT2D eigenvalue weighted by Gasteiger charge is 2.23. The second kappa shape index (κ2) is 5.93.